The summed E-state index contributed by atoms with van der Waals surface area (Å²) in [6.45, 7) is 4.56. The molecule has 0 aliphatic carbocycles. The second-order valence-corrected chi connectivity index (χ2v) is 2.74. The fourth-order valence-electron chi connectivity index (χ4n) is 1.33. The molecule has 0 bridgehead atoms. The monoisotopic (exact) mass is 211 g/mol. The molecule has 6 nitrogen and oxygen atoms in total. The number of nitrogens with zero attached hydrogens (tertiary/aromatic N) is 2. The summed E-state index contributed by atoms with van der Waals surface area (Å²) >= 11 is 0. The first-order chi connectivity index (χ1) is 7.20. The van der Waals surface area contributed by atoms with Crippen LogP contribution in [-0.2, 0) is 18.0 Å². The lowest BCUT2D eigenvalue weighted by Gasteiger charge is -2.00. The van der Waals surface area contributed by atoms with Gasteiger partial charge in [0.05, 0.1) is 23.7 Å². The van der Waals surface area contributed by atoms with Crippen LogP contribution in [0.25, 0.3) is 0 Å². The Morgan fingerprint density at radius 2 is 2.07 bits per heavy atom. The fraction of sp³-hybridized carbons (Fsp3) is 0.444. The molecular weight excluding hydrogens is 198 g/mol. The molecule has 1 aromatic heterocycles. The van der Waals surface area contributed by atoms with Crippen molar-refractivity contribution in [3.8, 4) is 0 Å². The minimum absolute atomic E-state index is 0.0123. The standard InChI is InChI=1S/C7H7N3O3.C2H6/c8-7-5-3-13-2-4(5)6(1-9-7)10(11)12;1-2/h1H,2-3H2,(H2,8,9);1-2H3. The van der Waals surface area contributed by atoms with Gasteiger partial charge >= 0.3 is 0 Å². The molecule has 2 N–H and O–H groups in total. The molecule has 0 saturated heterocycles. The third-order valence-electron chi connectivity index (χ3n) is 2.00. The van der Waals surface area contributed by atoms with Gasteiger partial charge in [0.1, 0.15) is 12.0 Å². The summed E-state index contributed by atoms with van der Waals surface area (Å²) in [6.07, 6.45) is 1.17. The average molecular weight is 211 g/mol. The van der Waals surface area contributed by atoms with Gasteiger partial charge in [-0.05, 0) is 0 Å². The van der Waals surface area contributed by atoms with E-state index in [4.69, 9.17) is 10.5 Å². The molecule has 0 spiro atoms. The van der Waals surface area contributed by atoms with Crippen LogP contribution in [0.4, 0.5) is 11.5 Å². The van der Waals surface area contributed by atoms with Crippen molar-refractivity contribution in [2.45, 2.75) is 27.1 Å². The maximum Gasteiger partial charge on any atom is 0.293 e. The van der Waals surface area contributed by atoms with Gasteiger partial charge < -0.3 is 10.5 Å². The Morgan fingerprint density at radius 3 is 2.67 bits per heavy atom. The molecule has 2 rings (SSSR count). The number of nitro groups is 1. The molecule has 0 radical (unpaired) electrons. The Balaban J connectivity index is 0.000000531. The average Bonchev–Trinajstić information content (AvgIpc) is 2.70. The smallest absolute Gasteiger partial charge is 0.293 e. The van der Waals surface area contributed by atoms with Gasteiger partial charge in [-0.25, -0.2) is 4.98 Å². The van der Waals surface area contributed by atoms with Crippen molar-refractivity contribution in [2.75, 3.05) is 5.73 Å². The van der Waals surface area contributed by atoms with E-state index >= 15 is 0 Å². The van der Waals surface area contributed by atoms with Crippen LogP contribution < -0.4 is 5.73 Å². The zero-order valence-corrected chi connectivity index (χ0v) is 8.69. The zero-order valence-electron chi connectivity index (χ0n) is 8.69. The Hall–Kier alpha value is -1.69. The number of rotatable bonds is 1. The third-order valence-corrected chi connectivity index (χ3v) is 2.00. The Bertz CT molecular complexity index is 379. The van der Waals surface area contributed by atoms with E-state index in [2.05, 4.69) is 4.98 Å². The van der Waals surface area contributed by atoms with E-state index in [0.29, 0.717) is 23.6 Å². The summed E-state index contributed by atoms with van der Waals surface area (Å²) < 4.78 is 5.06. The number of nitrogen functional groups attached to an aromatic ring is 1. The van der Waals surface area contributed by atoms with Gasteiger partial charge in [-0.3, -0.25) is 10.1 Å². The highest BCUT2D eigenvalue weighted by Gasteiger charge is 2.25. The van der Waals surface area contributed by atoms with Crippen LogP contribution in [0, 0.1) is 10.1 Å². The molecule has 1 aromatic rings. The predicted octanol–water partition coefficient (Wildman–Crippen LogP) is 1.63. The van der Waals surface area contributed by atoms with E-state index < -0.39 is 4.92 Å². The number of anilines is 1. The van der Waals surface area contributed by atoms with Crippen LogP contribution in [0.1, 0.15) is 25.0 Å². The van der Waals surface area contributed by atoms with Crippen LogP contribution in [0.2, 0.25) is 0 Å². The van der Waals surface area contributed by atoms with Crippen molar-refractivity contribution in [1.82, 2.24) is 4.98 Å². The van der Waals surface area contributed by atoms with Crippen molar-refractivity contribution in [2.24, 2.45) is 0 Å². The quantitative estimate of drug-likeness (QED) is 0.563. The molecule has 15 heavy (non-hydrogen) atoms. The molecule has 1 aliphatic rings. The first kappa shape index (κ1) is 11.4. The minimum atomic E-state index is -0.472. The van der Waals surface area contributed by atoms with Crippen LogP contribution in [0.15, 0.2) is 6.20 Å². The number of hydrogen-bond acceptors (Lipinski definition) is 5. The lowest BCUT2D eigenvalue weighted by atomic mass is 10.1. The van der Waals surface area contributed by atoms with E-state index in [1.54, 1.807) is 0 Å². The van der Waals surface area contributed by atoms with Gasteiger partial charge in [0.25, 0.3) is 5.69 Å². The van der Waals surface area contributed by atoms with Crippen LogP contribution in [0.3, 0.4) is 0 Å². The Kier molecular flexibility index (Phi) is 3.56. The van der Waals surface area contributed by atoms with Gasteiger partial charge in [-0.15, -0.1) is 0 Å². The van der Waals surface area contributed by atoms with E-state index in [9.17, 15) is 10.1 Å². The van der Waals surface area contributed by atoms with E-state index in [1.807, 2.05) is 13.8 Å². The van der Waals surface area contributed by atoms with E-state index in [0.717, 1.165) is 0 Å². The minimum Gasteiger partial charge on any atom is -0.383 e. The predicted molar refractivity (Wildman–Crippen MR) is 55.1 cm³/mol. The van der Waals surface area contributed by atoms with Gasteiger partial charge in [0.15, 0.2) is 0 Å². The van der Waals surface area contributed by atoms with E-state index in [1.165, 1.54) is 6.20 Å². The van der Waals surface area contributed by atoms with E-state index in [-0.39, 0.29) is 12.3 Å². The molecule has 0 fully saturated rings. The third kappa shape index (κ3) is 2.04. The number of nitrogens with two attached hydrogens (primary N) is 1. The molecule has 0 unspecified atom stereocenters. The summed E-state index contributed by atoms with van der Waals surface area (Å²) in [5, 5.41) is 10.5. The van der Waals surface area contributed by atoms with Gasteiger partial charge in [0, 0.05) is 5.56 Å². The number of aromatic nitrogens is 1. The van der Waals surface area contributed by atoms with Crippen LogP contribution in [0.5, 0.6) is 0 Å². The highest BCUT2D eigenvalue weighted by atomic mass is 16.6. The number of hydrogen-bond donors (Lipinski definition) is 1. The summed E-state index contributed by atoms with van der Waals surface area (Å²) in [6, 6.07) is 0. The van der Waals surface area contributed by atoms with Crippen LogP contribution >= 0.6 is 0 Å². The molecule has 0 saturated carbocycles. The van der Waals surface area contributed by atoms with Gasteiger partial charge in [0.2, 0.25) is 0 Å². The molecule has 0 amide bonds. The largest absolute Gasteiger partial charge is 0.383 e. The summed E-state index contributed by atoms with van der Waals surface area (Å²) in [5.41, 5.74) is 6.72. The fourth-order valence-corrected chi connectivity index (χ4v) is 1.33. The lowest BCUT2D eigenvalue weighted by molar-refractivity contribution is -0.386. The van der Waals surface area contributed by atoms with Gasteiger partial charge in [-0.2, -0.15) is 0 Å². The molecule has 6 heteroatoms. The highest BCUT2D eigenvalue weighted by Crippen LogP contribution is 2.30. The van der Waals surface area contributed by atoms with Crippen molar-refractivity contribution >= 4 is 11.5 Å². The molecule has 2 heterocycles. The molecule has 82 valence electrons. The summed E-state index contributed by atoms with van der Waals surface area (Å²) in [7, 11) is 0. The van der Waals surface area contributed by atoms with Crippen molar-refractivity contribution in [1.29, 1.82) is 0 Å². The number of pyridine rings is 1. The Morgan fingerprint density at radius 1 is 1.47 bits per heavy atom. The highest BCUT2D eigenvalue weighted by molar-refractivity contribution is 5.54. The van der Waals surface area contributed by atoms with Crippen LogP contribution in [-0.4, -0.2) is 9.91 Å². The van der Waals surface area contributed by atoms with Gasteiger partial charge in [-0.1, -0.05) is 13.8 Å². The van der Waals surface area contributed by atoms with Crippen molar-refractivity contribution < 1.29 is 9.66 Å². The maximum atomic E-state index is 10.5. The SMILES string of the molecule is CC.Nc1ncc([N+](=O)[O-])c2c1COC2. The topological polar surface area (TPSA) is 91.3 Å². The molecule has 1 aliphatic heterocycles. The molecule has 0 atom stereocenters. The molecule has 0 aromatic carbocycles. The summed E-state index contributed by atoms with van der Waals surface area (Å²) in [4.78, 5) is 13.8. The Labute approximate surface area is 87.2 Å². The second kappa shape index (κ2) is 4.70. The number of fused-ring (bicyclic) bond motifs is 1. The second-order valence-electron chi connectivity index (χ2n) is 2.74. The number of ether oxygens (including phenoxy) is 1. The maximum absolute atomic E-state index is 10.5. The first-order valence-electron chi connectivity index (χ1n) is 4.68. The summed E-state index contributed by atoms with van der Waals surface area (Å²) in [5.74, 6) is 0.318. The lowest BCUT2D eigenvalue weighted by Crippen LogP contribution is -2.01. The van der Waals surface area contributed by atoms with Crippen molar-refractivity contribution in [3.63, 3.8) is 0 Å². The first-order valence-corrected chi connectivity index (χ1v) is 4.68. The zero-order chi connectivity index (χ0) is 11.4. The van der Waals surface area contributed by atoms with Crippen molar-refractivity contribution in [3.05, 3.63) is 27.4 Å². The normalized spacial score (nSPS) is 12.7. The molecular formula is C9H13N3O3.